The van der Waals surface area contributed by atoms with Crippen LogP contribution in [0.1, 0.15) is 30.3 Å². The summed E-state index contributed by atoms with van der Waals surface area (Å²) < 4.78 is 5.08. The molecule has 1 amide bonds. The number of carbonyl (C=O) groups is 1. The van der Waals surface area contributed by atoms with Crippen molar-refractivity contribution >= 4 is 29.1 Å². The Morgan fingerprint density at radius 3 is 2.87 bits per heavy atom. The van der Waals surface area contributed by atoms with E-state index >= 15 is 0 Å². The smallest absolute Gasteiger partial charge is 0.274 e. The molecule has 6 nitrogen and oxygen atoms in total. The van der Waals surface area contributed by atoms with E-state index in [0.29, 0.717) is 22.4 Å². The summed E-state index contributed by atoms with van der Waals surface area (Å²) in [7, 11) is 1.54. The van der Waals surface area contributed by atoms with Crippen molar-refractivity contribution in [3.8, 4) is 5.75 Å². The van der Waals surface area contributed by atoms with Gasteiger partial charge in [-0.3, -0.25) is 4.79 Å². The van der Waals surface area contributed by atoms with Crippen molar-refractivity contribution in [3.63, 3.8) is 0 Å². The quantitative estimate of drug-likeness (QED) is 0.756. The number of anilines is 2. The normalized spacial score (nSPS) is 10.2. The molecule has 0 atom stereocenters. The van der Waals surface area contributed by atoms with Crippen LogP contribution in [-0.4, -0.2) is 29.5 Å². The molecule has 0 fully saturated rings. The lowest BCUT2D eigenvalue weighted by Gasteiger charge is -2.09. The first-order valence-corrected chi connectivity index (χ1v) is 7.73. The van der Waals surface area contributed by atoms with Crippen LogP contribution in [0.15, 0.2) is 30.5 Å². The minimum absolute atomic E-state index is 0.283. The fourth-order valence-electron chi connectivity index (χ4n) is 1.89. The molecule has 0 spiro atoms. The predicted octanol–water partition coefficient (Wildman–Crippen LogP) is 3.60. The van der Waals surface area contributed by atoms with Gasteiger partial charge < -0.3 is 15.4 Å². The number of benzene rings is 1. The molecule has 0 saturated carbocycles. The third-order valence-corrected chi connectivity index (χ3v) is 3.41. The Hall–Kier alpha value is -2.34. The van der Waals surface area contributed by atoms with E-state index in [1.807, 2.05) is 0 Å². The Kier molecular flexibility index (Phi) is 6.17. The Bertz CT molecular complexity index is 679. The van der Waals surface area contributed by atoms with Crippen molar-refractivity contribution in [3.05, 3.63) is 41.2 Å². The van der Waals surface area contributed by atoms with Crippen LogP contribution in [-0.2, 0) is 0 Å². The number of aromatic nitrogens is 2. The molecule has 2 N–H and O–H groups in total. The average Bonchev–Trinajstić information content (AvgIpc) is 2.55. The van der Waals surface area contributed by atoms with E-state index in [-0.39, 0.29) is 11.6 Å². The van der Waals surface area contributed by atoms with Gasteiger partial charge in [-0.05, 0) is 30.7 Å². The first-order valence-electron chi connectivity index (χ1n) is 7.36. The highest BCUT2D eigenvalue weighted by Gasteiger charge is 2.10. The van der Waals surface area contributed by atoms with E-state index < -0.39 is 0 Å². The minimum Gasteiger partial charge on any atom is -0.495 e. The second-order valence-corrected chi connectivity index (χ2v) is 5.26. The number of methoxy groups -OCH3 is 1. The van der Waals surface area contributed by atoms with Gasteiger partial charge in [-0.25, -0.2) is 9.97 Å². The first kappa shape index (κ1) is 17.0. The number of carbonyl (C=O) groups excluding carboxylic acids is 1. The summed E-state index contributed by atoms with van der Waals surface area (Å²) in [4.78, 5) is 20.6. The van der Waals surface area contributed by atoms with Crippen molar-refractivity contribution < 1.29 is 9.53 Å². The van der Waals surface area contributed by atoms with Crippen LogP contribution >= 0.6 is 11.6 Å². The summed E-state index contributed by atoms with van der Waals surface area (Å²) in [6, 6.07) is 6.59. The van der Waals surface area contributed by atoms with Crippen molar-refractivity contribution in [2.24, 2.45) is 0 Å². The van der Waals surface area contributed by atoms with E-state index in [2.05, 4.69) is 27.5 Å². The second-order valence-electron chi connectivity index (χ2n) is 4.85. The summed E-state index contributed by atoms with van der Waals surface area (Å²) in [5.74, 6) is 0.667. The first-order chi connectivity index (χ1) is 11.1. The molecule has 1 heterocycles. The van der Waals surface area contributed by atoms with E-state index in [1.54, 1.807) is 30.5 Å². The summed E-state index contributed by atoms with van der Waals surface area (Å²) in [5.41, 5.74) is 0.853. The van der Waals surface area contributed by atoms with E-state index in [4.69, 9.17) is 16.3 Å². The fourth-order valence-corrected chi connectivity index (χ4v) is 2.14. The standard InChI is InChI=1S/C16H19ClN4O2/c1-3-4-8-18-16-19-9-7-13(21-16)15(22)20-11-5-6-14(23-2)12(17)10-11/h5-7,9-10H,3-4,8H2,1-2H3,(H,20,22)(H,18,19,21). The van der Waals surface area contributed by atoms with Gasteiger partial charge in [0, 0.05) is 18.4 Å². The number of hydrogen-bond acceptors (Lipinski definition) is 5. The number of halogens is 1. The minimum atomic E-state index is -0.327. The summed E-state index contributed by atoms with van der Waals surface area (Å²) in [6.45, 7) is 2.88. The molecule has 7 heteroatoms. The van der Waals surface area contributed by atoms with Crippen molar-refractivity contribution in [2.75, 3.05) is 24.3 Å². The average molecular weight is 335 g/mol. The molecular weight excluding hydrogens is 316 g/mol. The van der Waals surface area contributed by atoms with Crippen molar-refractivity contribution in [2.45, 2.75) is 19.8 Å². The zero-order valence-electron chi connectivity index (χ0n) is 13.1. The highest BCUT2D eigenvalue weighted by Crippen LogP contribution is 2.27. The van der Waals surface area contributed by atoms with Gasteiger partial charge in [0.25, 0.3) is 5.91 Å². The van der Waals surface area contributed by atoms with Crippen LogP contribution in [0.2, 0.25) is 5.02 Å². The molecule has 2 rings (SSSR count). The Morgan fingerprint density at radius 1 is 1.35 bits per heavy atom. The second kappa shape index (κ2) is 8.33. The molecule has 0 aliphatic carbocycles. The maximum Gasteiger partial charge on any atom is 0.274 e. The maximum absolute atomic E-state index is 12.3. The number of hydrogen-bond donors (Lipinski definition) is 2. The summed E-state index contributed by atoms with van der Waals surface area (Å²) in [6.07, 6.45) is 3.65. The van der Waals surface area contributed by atoms with Gasteiger partial charge in [0.1, 0.15) is 11.4 Å². The highest BCUT2D eigenvalue weighted by atomic mass is 35.5. The molecule has 122 valence electrons. The molecule has 0 aliphatic rings. The van der Waals surface area contributed by atoms with Crippen LogP contribution in [0.4, 0.5) is 11.6 Å². The lowest BCUT2D eigenvalue weighted by Crippen LogP contribution is -2.15. The third kappa shape index (κ3) is 4.82. The monoisotopic (exact) mass is 334 g/mol. The van der Waals surface area contributed by atoms with Gasteiger partial charge in [0.15, 0.2) is 0 Å². The zero-order valence-corrected chi connectivity index (χ0v) is 13.9. The Labute approximate surface area is 140 Å². The third-order valence-electron chi connectivity index (χ3n) is 3.11. The number of unbranched alkanes of at least 4 members (excludes halogenated alkanes) is 1. The summed E-state index contributed by atoms with van der Waals surface area (Å²) in [5, 5.41) is 6.26. The number of rotatable bonds is 7. The molecule has 1 aromatic carbocycles. The molecule has 0 unspecified atom stereocenters. The van der Waals surface area contributed by atoms with E-state index in [9.17, 15) is 4.79 Å². The maximum atomic E-state index is 12.3. The molecule has 23 heavy (non-hydrogen) atoms. The van der Waals surface area contributed by atoms with Crippen molar-refractivity contribution in [1.82, 2.24) is 9.97 Å². The van der Waals surface area contributed by atoms with E-state index in [0.717, 1.165) is 19.4 Å². The number of nitrogens with zero attached hydrogens (tertiary/aromatic N) is 2. The topological polar surface area (TPSA) is 76.1 Å². The SMILES string of the molecule is CCCCNc1nccc(C(=O)Nc2ccc(OC)c(Cl)c2)n1. The van der Waals surface area contributed by atoms with Crippen molar-refractivity contribution in [1.29, 1.82) is 0 Å². The van der Waals surface area contributed by atoms with Gasteiger partial charge in [0.2, 0.25) is 5.95 Å². The highest BCUT2D eigenvalue weighted by molar-refractivity contribution is 6.32. The van der Waals surface area contributed by atoms with Gasteiger partial charge in [-0.2, -0.15) is 0 Å². The number of nitrogens with one attached hydrogen (secondary N) is 2. The van der Waals surface area contributed by atoms with Gasteiger partial charge in [-0.15, -0.1) is 0 Å². The van der Waals surface area contributed by atoms with E-state index in [1.165, 1.54) is 7.11 Å². The molecule has 1 aromatic heterocycles. The lowest BCUT2D eigenvalue weighted by atomic mass is 10.3. The summed E-state index contributed by atoms with van der Waals surface area (Å²) >= 11 is 6.04. The van der Waals surface area contributed by atoms with Crippen LogP contribution in [0.3, 0.4) is 0 Å². The van der Waals surface area contributed by atoms with Crippen LogP contribution < -0.4 is 15.4 Å². The van der Waals surface area contributed by atoms with Gasteiger partial charge in [0.05, 0.1) is 12.1 Å². The lowest BCUT2D eigenvalue weighted by molar-refractivity contribution is 0.102. The number of ether oxygens (including phenoxy) is 1. The Morgan fingerprint density at radius 2 is 2.17 bits per heavy atom. The molecular formula is C16H19ClN4O2. The Balaban J connectivity index is 2.05. The molecule has 0 radical (unpaired) electrons. The molecule has 2 aromatic rings. The predicted molar refractivity (Wildman–Crippen MR) is 91.4 cm³/mol. The number of amides is 1. The van der Waals surface area contributed by atoms with Gasteiger partial charge >= 0.3 is 0 Å². The van der Waals surface area contributed by atoms with Crippen LogP contribution in [0.5, 0.6) is 5.75 Å². The van der Waals surface area contributed by atoms with Crippen LogP contribution in [0.25, 0.3) is 0 Å². The largest absolute Gasteiger partial charge is 0.495 e. The molecule has 0 aliphatic heterocycles. The van der Waals surface area contributed by atoms with Gasteiger partial charge in [-0.1, -0.05) is 24.9 Å². The molecule has 0 saturated heterocycles. The fraction of sp³-hybridized carbons (Fsp3) is 0.312. The zero-order chi connectivity index (χ0) is 16.7. The van der Waals surface area contributed by atoms with Crippen LogP contribution in [0, 0.1) is 0 Å². The molecule has 0 bridgehead atoms.